The predicted molar refractivity (Wildman–Crippen MR) is 88.9 cm³/mol. The standard InChI is InChI=1S/C17H20F3N5O/c1-13-15(21-22-25(13)14-5-3-2-4-6-14)11-16(26)24-9-7-23(8-10-24)12-17(18,19)20/h2-6H,7-12H2,1H3. The van der Waals surface area contributed by atoms with Crippen molar-refractivity contribution in [3.8, 4) is 5.69 Å². The fourth-order valence-corrected chi connectivity index (χ4v) is 3.00. The molecule has 0 aliphatic carbocycles. The smallest absolute Gasteiger partial charge is 0.340 e. The fourth-order valence-electron chi connectivity index (χ4n) is 3.00. The van der Waals surface area contributed by atoms with Gasteiger partial charge in [-0.1, -0.05) is 23.4 Å². The highest BCUT2D eigenvalue weighted by Gasteiger charge is 2.33. The molecule has 1 fully saturated rings. The van der Waals surface area contributed by atoms with Gasteiger partial charge in [0.25, 0.3) is 0 Å². The topological polar surface area (TPSA) is 54.3 Å². The number of hydrogen-bond acceptors (Lipinski definition) is 4. The van der Waals surface area contributed by atoms with E-state index in [9.17, 15) is 18.0 Å². The van der Waals surface area contributed by atoms with Gasteiger partial charge in [0, 0.05) is 26.2 Å². The van der Waals surface area contributed by atoms with Crippen LogP contribution >= 0.6 is 0 Å². The number of alkyl halides is 3. The largest absolute Gasteiger partial charge is 0.401 e. The molecule has 2 heterocycles. The lowest BCUT2D eigenvalue weighted by atomic mass is 10.2. The number of aromatic nitrogens is 3. The molecule has 140 valence electrons. The molecule has 1 saturated heterocycles. The van der Waals surface area contributed by atoms with E-state index in [0.29, 0.717) is 18.8 Å². The third-order valence-electron chi connectivity index (χ3n) is 4.44. The highest BCUT2D eigenvalue weighted by atomic mass is 19.4. The van der Waals surface area contributed by atoms with Gasteiger partial charge in [0.05, 0.1) is 30.0 Å². The van der Waals surface area contributed by atoms with Gasteiger partial charge in [-0.3, -0.25) is 9.69 Å². The maximum absolute atomic E-state index is 12.5. The van der Waals surface area contributed by atoms with Gasteiger partial charge in [0.15, 0.2) is 0 Å². The van der Waals surface area contributed by atoms with Gasteiger partial charge < -0.3 is 4.90 Å². The summed E-state index contributed by atoms with van der Waals surface area (Å²) in [6.07, 6.45) is -4.11. The molecule has 9 heteroatoms. The van der Waals surface area contributed by atoms with E-state index < -0.39 is 12.7 Å². The molecule has 3 rings (SSSR count). The first-order valence-corrected chi connectivity index (χ1v) is 8.37. The van der Waals surface area contributed by atoms with E-state index in [1.165, 1.54) is 4.90 Å². The number of carbonyl (C=O) groups excluding carboxylic acids is 1. The number of amides is 1. The number of rotatable bonds is 4. The van der Waals surface area contributed by atoms with Crippen LogP contribution in [0.25, 0.3) is 5.69 Å². The quantitative estimate of drug-likeness (QED) is 0.827. The van der Waals surface area contributed by atoms with E-state index in [-0.39, 0.29) is 25.4 Å². The lowest BCUT2D eigenvalue weighted by Crippen LogP contribution is -2.51. The van der Waals surface area contributed by atoms with E-state index in [2.05, 4.69) is 10.3 Å². The summed E-state index contributed by atoms with van der Waals surface area (Å²) in [5.41, 5.74) is 2.22. The van der Waals surface area contributed by atoms with E-state index in [1.54, 1.807) is 9.58 Å². The lowest BCUT2D eigenvalue weighted by molar-refractivity contribution is -0.151. The molecule has 1 amide bonds. The van der Waals surface area contributed by atoms with Gasteiger partial charge in [-0.05, 0) is 19.1 Å². The molecule has 0 unspecified atom stereocenters. The van der Waals surface area contributed by atoms with Crippen molar-refractivity contribution in [2.24, 2.45) is 0 Å². The van der Waals surface area contributed by atoms with Gasteiger partial charge in [0.2, 0.25) is 5.91 Å². The second kappa shape index (κ2) is 7.45. The van der Waals surface area contributed by atoms with Crippen LogP contribution in [0.3, 0.4) is 0 Å². The van der Waals surface area contributed by atoms with Gasteiger partial charge in [-0.15, -0.1) is 5.10 Å². The van der Waals surface area contributed by atoms with Crippen LogP contribution in [0, 0.1) is 6.92 Å². The molecule has 0 bridgehead atoms. The molecule has 1 aliphatic heterocycles. The Morgan fingerprint density at radius 3 is 2.38 bits per heavy atom. The van der Waals surface area contributed by atoms with Crippen LogP contribution in [0.5, 0.6) is 0 Å². The molecule has 2 aromatic rings. The Morgan fingerprint density at radius 1 is 1.12 bits per heavy atom. The number of hydrogen-bond donors (Lipinski definition) is 0. The highest BCUT2D eigenvalue weighted by molar-refractivity contribution is 5.78. The second-order valence-corrected chi connectivity index (χ2v) is 6.32. The maximum atomic E-state index is 12.5. The average Bonchev–Trinajstić information content (AvgIpc) is 2.95. The predicted octanol–water partition coefficient (Wildman–Crippen LogP) is 1.82. The van der Waals surface area contributed by atoms with Crippen molar-refractivity contribution in [1.29, 1.82) is 0 Å². The minimum atomic E-state index is -4.21. The normalized spacial score (nSPS) is 16.1. The summed E-state index contributed by atoms with van der Waals surface area (Å²) < 4.78 is 39.0. The average molecular weight is 367 g/mol. The monoisotopic (exact) mass is 367 g/mol. The first-order valence-electron chi connectivity index (χ1n) is 8.37. The first-order chi connectivity index (χ1) is 12.3. The Kier molecular flexibility index (Phi) is 5.26. The Labute approximate surface area is 149 Å². The van der Waals surface area contributed by atoms with Crippen molar-refractivity contribution >= 4 is 5.91 Å². The highest BCUT2D eigenvalue weighted by Crippen LogP contribution is 2.18. The number of benzene rings is 1. The summed E-state index contributed by atoms with van der Waals surface area (Å²) in [6, 6.07) is 9.47. The van der Waals surface area contributed by atoms with Crippen molar-refractivity contribution in [2.75, 3.05) is 32.7 Å². The first kappa shape index (κ1) is 18.4. The molecule has 0 N–H and O–H groups in total. The van der Waals surface area contributed by atoms with Crippen LogP contribution in [0.1, 0.15) is 11.4 Å². The Morgan fingerprint density at radius 2 is 1.77 bits per heavy atom. The SMILES string of the molecule is Cc1c(CC(=O)N2CCN(CC(F)(F)F)CC2)nnn1-c1ccccc1. The van der Waals surface area contributed by atoms with Crippen molar-refractivity contribution in [3.05, 3.63) is 41.7 Å². The molecule has 0 spiro atoms. The summed E-state index contributed by atoms with van der Waals surface area (Å²) in [7, 11) is 0. The van der Waals surface area contributed by atoms with Gasteiger partial charge >= 0.3 is 6.18 Å². The van der Waals surface area contributed by atoms with Crippen LogP contribution in [-0.4, -0.2) is 69.6 Å². The van der Waals surface area contributed by atoms with Crippen LogP contribution in [-0.2, 0) is 11.2 Å². The summed E-state index contributed by atoms with van der Waals surface area (Å²) >= 11 is 0. The molecule has 0 atom stereocenters. The van der Waals surface area contributed by atoms with Crippen LogP contribution in [0.4, 0.5) is 13.2 Å². The van der Waals surface area contributed by atoms with E-state index in [4.69, 9.17) is 0 Å². The minimum Gasteiger partial charge on any atom is -0.340 e. The zero-order chi connectivity index (χ0) is 18.7. The Hall–Kier alpha value is -2.42. The zero-order valence-corrected chi connectivity index (χ0v) is 14.4. The molecular weight excluding hydrogens is 347 g/mol. The molecular formula is C17H20F3N5O. The number of carbonyl (C=O) groups is 1. The van der Waals surface area contributed by atoms with Crippen LogP contribution in [0.2, 0.25) is 0 Å². The summed E-state index contributed by atoms with van der Waals surface area (Å²) in [4.78, 5) is 15.4. The molecule has 1 aliphatic rings. The lowest BCUT2D eigenvalue weighted by Gasteiger charge is -2.34. The van der Waals surface area contributed by atoms with E-state index in [1.807, 2.05) is 37.3 Å². The molecule has 6 nitrogen and oxygen atoms in total. The van der Waals surface area contributed by atoms with Crippen molar-refractivity contribution in [2.45, 2.75) is 19.5 Å². The Balaban J connectivity index is 1.59. The number of nitrogens with zero attached hydrogens (tertiary/aromatic N) is 5. The van der Waals surface area contributed by atoms with Gasteiger partial charge in [-0.2, -0.15) is 13.2 Å². The molecule has 0 saturated carbocycles. The summed E-state index contributed by atoms with van der Waals surface area (Å²) in [5, 5.41) is 8.20. The maximum Gasteiger partial charge on any atom is 0.401 e. The molecule has 26 heavy (non-hydrogen) atoms. The second-order valence-electron chi connectivity index (χ2n) is 6.32. The number of halogens is 3. The minimum absolute atomic E-state index is 0.0952. The van der Waals surface area contributed by atoms with E-state index in [0.717, 1.165) is 11.4 Å². The fraction of sp³-hybridized carbons (Fsp3) is 0.471. The van der Waals surface area contributed by atoms with Crippen molar-refractivity contribution in [1.82, 2.24) is 24.8 Å². The molecule has 0 radical (unpaired) electrons. The number of piperazine rings is 1. The third kappa shape index (κ3) is 4.40. The zero-order valence-electron chi connectivity index (χ0n) is 14.4. The van der Waals surface area contributed by atoms with Crippen molar-refractivity contribution in [3.63, 3.8) is 0 Å². The summed E-state index contributed by atoms with van der Waals surface area (Å²) in [6.45, 7) is 1.94. The molecule has 1 aromatic carbocycles. The number of para-hydroxylation sites is 1. The van der Waals surface area contributed by atoms with E-state index >= 15 is 0 Å². The summed E-state index contributed by atoms with van der Waals surface area (Å²) in [5.74, 6) is -0.139. The van der Waals surface area contributed by atoms with Crippen molar-refractivity contribution < 1.29 is 18.0 Å². The van der Waals surface area contributed by atoms with Gasteiger partial charge in [-0.25, -0.2) is 4.68 Å². The van der Waals surface area contributed by atoms with Crippen LogP contribution in [0.15, 0.2) is 30.3 Å². The third-order valence-corrected chi connectivity index (χ3v) is 4.44. The Bertz CT molecular complexity index is 752. The molecule has 1 aromatic heterocycles. The van der Waals surface area contributed by atoms with Crippen LogP contribution < -0.4 is 0 Å². The van der Waals surface area contributed by atoms with Gasteiger partial charge in [0.1, 0.15) is 0 Å².